The average Bonchev–Trinajstić information content (AvgIpc) is 3.02. The number of amides is 1. The first-order valence-corrected chi connectivity index (χ1v) is 8.99. The van der Waals surface area contributed by atoms with Gasteiger partial charge in [-0.3, -0.25) is 10.1 Å². The van der Waals surface area contributed by atoms with Crippen LogP contribution < -0.4 is 10.1 Å². The predicted octanol–water partition coefficient (Wildman–Crippen LogP) is 4.90. The molecule has 1 amide bonds. The van der Waals surface area contributed by atoms with Gasteiger partial charge in [-0.15, -0.1) is 11.3 Å². The number of rotatable bonds is 5. The van der Waals surface area contributed by atoms with E-state index >= 15 is 0 Å². The van der Waals surface area contributed by atoms with Crippen LogP contribution in [0.4, 0.5) is 5.13 Å². The third-order valence-electron chi connectivity index (χ3n) is 3.32. The molecule has 1 heterocycles. The van der Waals surface area contributed by atoms with Crippen LogP contribution in [-0.4, -0.2) is 17.5 Å². The Balaban J connectivity index is 1.60. The van der Waals surface area contributed by atoms with Crippen LogP contribution in [0.2, 0.25) is 0 Å². The maximum absolute atomic E-state index is 12.0. The van der Waals surface area contributed by atoms with E-state index in [2.05, 4.69) is 26.2 Å². The van der Waals surface area contributed by atoms with Crippen LogP contribution in [-0.2, 0) is 4.79 Å². The van der Waals surface area contributed by atoms with Gasteiger partial charge in [0.05, 0.1) is 5.69 Å². The molecule has 0 radical (unpaired) electrons. The van der Waals surface area contributed by atoms with Gasteiger partial charge in [0.2, 0.25) is 0 Å². The highest BCUT2D eigenvalue weighted by atomic mass is 79.9. The molecule has 24 heavy (non-hydrogen) atoms. The summed E-state index contributed by atoms with van der Waals surface area (Å²) in [7, 11) is 0. The lowest BCUT2D eigenvalue weighted by Crippen LogP contribution is -2.20. The molecule has 3 aromatic rings. The fourth-order valence-electron chi connectivity index (χ4n) is 2.13. The van der Waals surface area contributed by atoms with Gasteiger partial charge in [-0.25, -0.2) is 4.98 Å². The molecule has 0 bridgehead atoms. The van der Waals surface area contributed by atoms with Gasteiger partial charge in [0, 0.05) is 15.4 Å². The van der Waals surface area contributed by atoms with Crippen molar-refractivity contribution in [2.75, 3.05) is 11.9 Å². The molecule has 0 aliphatic rings. The Labute approximate surface area is 152 Å². The molecule has 4 nitrogen and oxygen atoms in total. The van der Waals surface area contributed by atoms with Crippen LogP contribution in [0.15, 0.2) is 58.4 Å². The Morgan fingerprint density at radius 3 is 2.88 bits per heavy atom. The van der Waals surface area contributed by atoms with Gasteiger partial charge in [-0.2, -0.15) is 0 Å². The first kappa shape index (κ1) is 16.7. The van der Waals surface area contributed by atoms with E-state index in [4.69, 9.17) is 4.74 Å². The Bertz CT molecular complexity index is 863. The van der Waals surface area contributed by atoms with Gasteiger partial charge in [0.15, 0.2) is 11.7 Å². The molecule has 0 saturated carbocycles. The Hall–Kier alpha value is -2.18. The monoisotopic (exact) mass is 402 g/mol. The van der Waals surface area contributed by atoms with Crippen LogP contribution in [0.5, 0.6) is 5.75 Å². The van der Waals surface area contributed by atoms with Crippen molar-refractivity contribution < 1.29 is 9.53 Å². The number of thiazole rings is 1. The molecule has 6 heteroatoms. The van der Waals surface area contributed by atoms with Gasteiger partial charge in [-0.05, 0) is 30.7 Å². The van der Waals surface area contributed by atoms with E-state index in [1.165, 1.54) is 11.3 Å². The average molecular weight is 403 g/mol. The number of carbonyl (C=O) groups is 1. The van der Waals surface area contributed by atoms with Crippen molar-refractivity contribution in [3.8, 4) is 17.0 Å². The number of aromatic nitrogens is 1. The summed E-state index contributed by atoms with van der Waals surface area (Å²) in [6, 6.07) is 15.5. The minimum atomic E-state index is -0.228. The molecule has 0 spiro atoms. The van der Waals surface area contributed by atoms with Gasteiger partial charge in [-0.1, -0.05) is 46.3 Å². The zero-order valence-electron chi connectivity index (χ0n) is 13.0. The minimum absolute atomic E-state index is 0.0450. The van der Waals surface area contributed by atoms with Crippen molar-refractivity contribution in [2.45, 2.75) is 6.92 Å². The molecule has 1 aromatic heterocycles. The molecular weight excluding hydrogens is 388 g/mol. The SMILES string of the molecule is Cc1ccccc1OCC(=O)Nc1nc(-c2cccc(Br)c2)cs1. The first-order valence-electron chi connectivity index (χ1n) is 7.31. The number of hydrogen-bond acceptors (Lipinski definition) is 4. The number of hydrogen-bond donors (Lipinski definition) is 1. The fraction of sp³-hybridized carbons (Fsp3) is 0.111. The van der Waals surface area contributed by atoms with E-state index in [1.54, 1.807) is 0 Å². The lowest BCUT2D eigenvalue weighted by molar-refractivity contribution is -0.118. The molecule has 0 unspecified atom stereocenters. The molecule has 122 valence electrons. The zero-order chi connectivity index (χ0) is 16.9. The summed E-state index contributed by atoms with van der Waals surface area (Å²) in [5, 5.41) is 5.24. The highest BCUT2D eigenvalue weighted by molar-refractivity contribution is 9.10. The highest BCUT2D eigenvalue weighted by Gasteiger charge is 2.09. The third kappa shape index (κ3) is 4.21. The number of carbonyl (C=O) groups excluding carboxylic acids is 1. The van der Waals surface area contributed by atoms with Crippen LogP contribution in [0.3, 0.4) is 0 Å². The van der Waals surface area contributed by atoms with E-state index < -0.39 is 0 Å². The second-order valence-corrected chi connectivity index (χ2v) is 6.92. The van der Waals surface area contributed by atoms with Crippen molar-refractivity contribution in [1.82, 2.24) is 4.98 Å². The number of halogens is 1. The first-order chi connectivity index (χ1) is 11.6. The summed E-state index contributed by atoms with van der Waals surface area (Å²) in [6.45, 7) is 1.90. The number of nitrogens with one attached hydrogen (secondary N) is 1. The summed E-state index contributed by atoms with van der Waals surface area (Å²) in [5.41, 5.74) is 2.82. The molecule has 1 N–H and O–H groups in total. The van der Waals surface area contributed by atoms with Crippen molar-refractivity contribution >= 4 is 38.3 Å². The zero-order valence-corrected chi connectivity index (χ0v) is 15.4. The molecule has 0 saturated heterocycles. The lowest BCUT2D eigenvalue weighted by Gasteiger charge is -2.08. The van der Waals surface area contributed by atoms with Crippen LogP contribution in [0.25, 0.3) is 11.3 Å². The topological polar surface area (TPSA) is 51.2 Å². The summed E-state index contributed by atoms with van der Waals surface area (Å²) in [4.78, 5) is 16.5. The lowest BCUT2D eigenvalue weighted by atomic mass is 10.2. The number of benzene rings is 2. The van der Waals surface area contributed by atoms with E-state index in [0.29, 0.717) is 10.9 Å². The van der Waals surface area contributed by atoms with Gasteiger partial charge in [0.1, 0.15) is 5.75 Å². The largest absolute Gasteiger partial charge is 0.483 e. The van der Waals surface area contributed by atoms with Gasteiger partial charge < -0.3 is 4.74 Å². The van der Waals surface area contributed by atoms with Crippen LogP contribution in [0.1, 0.15) is 5.56 Å². The van der Waals surface area contributed by atoms with Crippen LogP contribution in [0, 0.1) is 6.92 Å². The molecule has 0 atom stereocenters. The maximum atomic E-state index is 12.0. The Morgan fingerprint density at radius 1 is 1.25 bits per heavy atom. The Kier molecular flexibility index (Phi) is 5.27. The molecule has 0 fully saturated rings. The number of aryl methyl sites for hydroxylation is 1. The minimum Gasteiger partial charge on any atom is -0.483 e. The van der Waals surface area contributed by atoms with Crippen molar-refractivity contribution in [2.24, 2.45) is 0 Å². The van der Waals surface area contributed by atoms with Gasteiger partial charge >= 0.3 is 0 Å². The second-order valence-electron chi connectivity index (χ2n) is 5.15. The van der Waals surface area contributed by atoms with Crippen molar-refractivity contribution in [3.63, 3.8) is 0 Å². The molecule has 3 rings (SSSR count). The third-order valence-corrected chi connectivity index (χ3v) is 4.57. The summed E-state index contributed by atoms with van der Waals surface area (Å²) in [6.07, 6.45) is 0. The number of ether oxygens (including phenoxy) is 1. The number of anilines is 1. The molecular formula is C18H15BrN2O2S. The van der Waals surface area contributed by atoms with E-state index in [0.717, 1.165) is 21.3 Å². The summed E-state index contributed by atoms with van der Waals surface area (Å²) < 4.78 is 6.53. The molecule has 0 aliphatic carbocycles. The summed E-state index contributed by atoms with van der Waals surface area (Å²) >= 11 is 4.83. The fourth-order valence-corrected chi connectivity index (χ4v) is 3.26. The van der Waals surface area contributed by atoms with Crippen molar-refractivity contribution in [3.05, 3.63) is 63.9 Å². The molecule has 0 aliphatic heterocycles. The maximum Gasteiger partial charge on any atom is 0.264 e. The van der Waals surface area contributed by atoms with E-state index in [1.807, 2.05) is 60.8 Å². The normalized spacial score (nSPS) is 10.4. The number of para-hydroxylation sites is 1. The second kappa shape index (κ2) is 7.59. The Morgan fingerprint density at radius 2 is 2.08 bits per heavy atom. The standard InChI is InChI=1S/C18H15BrN2O2S/c1-12-5-2-3-8-16(12)23-10-17(22)21-18-20-15(11-24-18)13-6-4-7-14(19)9-13/h2-9,11H,10H2,1H3,(H,20,21,22). The van der Waals surface area contributed by atoms with E-state index in [9.17, 15) is 4.79 Å². The summed E-state index contributed by atoms with van der Waals surface area (Å²) in [5.74, 6) is 0.481. The highest BCUT2D eigenvalue weighted by Crippen LogP contribution is 2.26. The van der Waals surface area contributed by atoms with E-state index in [-0.39, 0.29) is 12.5 Å². The van der Waals surface area contributed by atoms with Gasteiger partial charge in [0.25, 0.3) is 5.91 Å². The molecule has 2 aromatic carbocycles. The smallest absolute Gasteiger partial charge is 0.264 e. The van der Waals surface area contributed by atoms with Crippen LogP contribution >= 0.6 is 27.3 Å². The predicted molar refractivity (Wildman–Crippen MR) is 101 cm³/mol. The quantitative estimate of drug-likeness (QED) is 0.660. The number of nitrogens with zero attached hydrogens (tertiary/aromatic N) is 1. The van der Waals surface area contributed by atoms with Crippen molar-refractivity contribution in [1.29, 1.82) is 0 Å².